The van der Waals surface area contributed by atoms with Gasteiger partial charge in [0.2, 0.25) is 5.89 Å². The molecule has 0 fully saturated rings. The lowest BCUT2D eigenvalue weighted by Crippen LogP contribution is -2.10. The summed E-state index contributed by atoms with van der Waals surface area (Å²) in [5.74, 6) is 0.536. The summed E-state index contributed by atoms with van der Waals surface area (Å²) < 4.78 is 17.5. The highest BCUT2D eigenvalue weighted by Crippen LogP contribution is 2.35. The number of nitro groups is 1. The summed E-state index contributed by atoms with van der Waals surface area (Å²) in [5, 5.41) is 14.2. The second kappa shape index (κ2) is 9.90. The lowest BCUT2D eigenvalue weighted by Gasteiger charge is -2.05. The van der Waals surface area contributed by atoms with Crippen molar-refractivity contribution >= 4 is 44.3 Å². The number of oxazole rings is 1. The number of benzene rings is 3. The number of anilines is 1. The van der Waals surface area contributed by atoms with E-state index in [9.17, 15) is 14.9 Å². The molecule has 0 unspecified atom stereocenters. The number of nitrogens with one attached hydrogen (secondary N) is 1. The Hall–Kier alpha value is -4.44. The molecule has 186 valence electrons. The van der Waals surface area contributed by atoms with E-state index < -0.39 is 10.8 Å². The van der Waals surface area contributed by atoms with Crippen LogP contribution in [0.25, 0.3) is 33.9 Å². The molecule has 0 aliphatic carbocycles. The van der Waals surface area contributed by atoms with Gasteiger partial charge in [-0.05, 0) is 88.6 Å². The van der Waals surface area contributed by atoms with Crippen molar-refractivity contribution in [3.63, 3.8) is 0 Å². The summed E-state index contributed by atoms with van der Waals surface area (Å²) in [6.45, 7) is 2.08. The summed E-state index contributed by atoms with van der Waals surface area (Å²) in [7, 11) is 1.43. The van der Waals surface area contributed by atoms with E-state index in [0.29, 0.717) is 22.9 Å². The van der Waals surface area contributed by atoms with Crippen LogP contribution in [0.5, 0.6) is 5.75 Å². The fraction of sp³-hybridized carbons (Fsp3) is 0.111. The van der Waals surface area contributed by atoms with Gasteiger partial charge in [0, 0.05) is 11.3 Å². The summed E-state index contributed by atoms with van der Waals surface area (Å²) in [5.41, 5.74) is 3.94. The molecular weight excluding hydrogens is 542 g/mol. The van der Waals surface area contributed by atoms with Gasteiger partial charge in [0.05, 0.1) is 28.1 Å². The van der Waals surface area contributed by atoms with Crippen molar-refractivity contribution in [2.24, 2.45) is 0 Å². The summed E-state index contributed by atoms with van der Waals surface area (Å²) in [4.78, 5) is 28.3. The maximum absolute atomic E-state index is 12.8. The zero-order chi connectivity index (χ0) is 26.1. The Bertz CT molecular complexity index is 1640. The van der Waals surface area contributed by atoms with Gasteiger partial charge in [-0.2, -0.15) is 0 Å². The van der Waals surface area contributed by atoms with E-state index in [4.69, 9.17) is 13.6 Å². The summed E-state index contributed by atoms with van der Waals surface area (Å²) >= 11 is 3.54. The van der Waals surface area contributed by atoms with Gasteiger partial charge in [-0.3, -0.25) is 14.9 Å². The van der Waals surface area contributed by atoms with Crippen LogP contribution in [0.1, 0.15) is 23.0 Å². The number of hydrogen-bond acceptors (Lipinski definition) is 7. The SMILES string of the molecule is CCc1cc(Br)c2oc(-c3ccc(NC(=O)c4ccc(-c5ccc(OC)cc5[N+](=O)[O-])o4)cc3)nc2c1. The van der Waals surface area contributed by atoms with Crippen LogP contribution in [0.2, 0.25) is 0 Å². The van der Waals surface area contributed by atoms with Crippen LogP contribution in [0, 0.1) is 10.1 Å². The Morgan fingerprint density at radius 1 is 1.08 bits per heavy atom. The van der Waals surface area contributed by atoms with E-state index in [1.807, 2.05) is 12.1 Å². The third-order valence-electron chi connectivity index (χ3n) is 5.80. The highest BCUT2D eigenvalue weighted by Gasteiger charge is 2.21. The topological polar surface area (TPSA) is 121 Å². The van der Waals surface area contributed by atoms with Crippen molar-refractivity contribution in [1.29, 1.82) is 0 Å². The molecular formula is C27H20BrN3O6. The van der Waals surface area contributed by atoms with Crippen molar-refractivity contribution in [1.82, 2.24) is 4.98 Å². The molecule has 2 aromatic heterocycles. The Morgan fingerprint density at radius 3 is 2.57 bits per heavy atom. The third-order valence-corrected chi connectivity index (χ3v) is 6.39. The second-order valence-corrected chi connectivity index (χ2v) is 8.99. The van der Waals surface area contributed by atoms with Crippen LogP contribution in [0.3, 0.4) is 0 Å². The molecule has 10 heteroatoms. The minimum atomic E-state index is -0.528. The van der Waals surface area contributed by atoms with Gasteiger partial charge in [0.1, 0.15) is 17.0 Å². The Kier molecular flexibility index (Phi) is 6.49. The van der Waals surface area contributed by atoms with Gasteiger partial charge in [0.25, 0.3) is 11.6 Å². The number of nitro benzene ring substituents is 1. The number of halogens is 1. The number of fused-ring (bicyclic) bond motifs is 1. The summed E-state index contributed by atoms with van der Waals surface area (Å²) in [6, 6.07) is 18.5. The average Bonchev–Trinajstić information content (AvgIpc) is 3.57. The molecule has 0 aliphatic rings. The van der Waals surface area contributed by atoms with Gasteiger partial charge in [-0.1, -0.05) is 6.92 Å². The van der Waals surface area contributed by atoms with Crippen LogP contribution in [-0.4, -0.2) is 22.9 Å². The number of carbonyl (C=O) groups excluding carboxylic acids is 1. The second-order valence-electron chi connectivity index (χ2n) is 8.13. The number of rotatable bonds is 7. The molecule has 0 saturated heterocycles. The van der Waals surface area contributed by atoms with Crippen LogP contribution < -0.4 is 10.1 Å². The average molecular weight is 562 g/mol. The third kappa shape index (κ3) is 4.83. The molecule has 0 atom stereocenters. The normalized spacial score (nSPS) is 11.0. The molecule has 2 heterocycles. The number of furan rings is 1. The lowest BCUT2D eigenvalue weighted by molar-refractivity contribution is -0.384. The fourth-order valence-electron chi connectivity index (χ4n) is 3.87. The van der Waals surface area contributed by atoms with E-state index in [2.05, 4.69) is 33.2 Å². The highest BCUT2D eigenvalue weighted by atomic mass is 79.9. The van der Waals surface area contributed by atoms with Crippen LogP contribution in [-0.2, 0) is 6.42 Å². The smallest absolute Gasteiger partial charge is 0.291 e. The van der Waals surface area contributed by atoms with E-state index in [-0.39, 0.29) is 22.8 Å². The van der Waals surface area contributed by atoms with Crippen LogP contribution in [0.4, 0.5) is 11.4 Å². The zero-order valence-electron chi connectivity index (χ0n) is 19.8. The molecule has 0 spiro atoms. The number of hydrogen-bond donors (Lipinski definition) is 1. The molecule has 5 aromatic rings. The molecule has 0 bridgehead atoms. The minimum Gasteiger partial charge on any atom is -0.497 e. The fourth-order valence-corrected chi connectivity index (χ4v) is 4.44. The van der Waals surface area contributed by atoms with Crippen molar-refractivity contribution in [3.8, 4) is 28.5 Å². The predicted octanol–water partition coefficient (Wildman–Crippen LogP) is 7.25. The van der Waals surface area contributed by atoms with Gasteiger partial charge in [-0.25, -0.2) is 4.98 Å². The zero-order valence-corrected chi connectivity index (χ0v) is 21.4. The molecule has 3 aromatic carbocycles. The van der Waals surface area contributed by atoms with Gasteiger partial charge >= 0.3 is 0 Å². The standard InChI is InChI=1S/C27H20BrN3O6/c1-3-15-12-20(28)25-21(13-15)30-27(37-25)16-4-6-17(7-5-16)29-26(32)24-11-10-23(36-24)19-9-8-18(35-2)14-22(19)31(33)34/h4-14H,3H2,1-2H3,(H,29,32). The van der Waals surface area contributed by atoms with Crippen molar-refractivity contribution in [3.05, 3.63) is 92.6 Å². The van der Waals surface area contributed by atoms with E-state index in [0.717, 1.165) is 27.5 Å². The number of nitrogens with zero attached hydrogens (tertiary/aromatic N) is 2. The first-order valence-corrected chi connectivity index (χ1v) is 12.1. The van der Waals surface area contributed by atoms with Gasteiger partial charge in [0.15, 0.2) is 11.3 Å². The quantitative estimate of drug-likeness (QED) is 0.164. The number of methoxy groups -OCH3 is 1. The maximum Gasteiger partial charge on any atom is 0.291 e. The largest absolute Gasteiger partial charge is 0.497 e. The van der Waals surface area contributed by atoms with Crippen molar-refractivity contribution in [2.75, 3.05) is 12.4 Å². The van der Waals surface area contributed by atoms with E-state index >= 15 is 0 Å². The predicted molar refractivity (Wildman–Crippen MR) is 142 cm³/mol. The molecule has 37 heavy (non-hydrogen) atoms. The van der Waals surface area contributed by atoms with Gasteiger partial charge in [-0.15, -0.1) is 0 Å². The number of ether oxygens (including phenoxy) is 1. The molecule has 0 aliphatic heterocycles. The molecule has 9 nitrogen and oxygen atoms in total. The first-order chi connectivity index (χ1) is 17.9. The minimum absolute atomic E-state index is 0.0136. The van der Waals surface area contributed by atoms with E-state index in [1.54, 1.807) is 30.3 Å². The Labute approximate surface area is 219 Å². The first kappa shape index (κ1) is 24.3. The molecule has 5 rings (SSSR count). The highest BCUT2D eigenvalue weighted by molar-refractivity contribution is 9.10. The van der Waals surface area contributed by atoms with Crippen molar-refractivity contribution in [2.45, 2.75) is 13.3 Å². The van der Waals surface area contributed by atoms with Crippen LogP contribution in [0.15, 0.2) is 80.0 Å². The molecule has 0 radical (unpaired) electrons. The number of carbonyl (C=O) groups is 1. The first-order valence-electron chi connectivity index (χ1n) is 11.3. The molecule has 1 N–H and O–H groups in total. The Morgan fingerprint density at radius 2 is 1.86 bits per heavy atom. The summed E-state index contributed by atoms with van der Waals surface area (Å²) in [6.07, 6.45) is 0.888. The Balaban J connectivity index is 1.33. The molecule has 1 amide bonds. The lowest BCUT2D eigenvalue weighted by atomic mass is 10.1. The number of aryl methyl sites for hydroxylation is 1. The van der Waals surface area contributed by atoms with E-state index in [1.165, 1.54) is 31.4 Å². The van der Waals surface area contributed by atoms with Crippen molar-refractivity contribution < 1.29 is 23.3 Å². The van der Waals surface area contributed by atoms with Crippen LogP contribution >= 0.6 is 15.9 Å². The number of amides is 1. The number of aromatic nitrogens is 1. The maximum atomic E-state index is 12.8. The van der Waals surface area contributed by atoms with Gasteiger partial charge < -0.3 is 18.9 Å². The monoisotopic (exact) mass is 561 g/mol. The molecule has 0 saturated carbocycles.